The second-order valence-electron chi connectivity index (χ2n) is 17.7. The van der Waals surface area contributed by atoms with Gasteiger partial charge < -0.3 is 0 Å². The molecule has 250 valence electrons. The van der Waals surface area contributed by atoms with Crippen LogP contribution in [-0.4, -0.2) is 3.26 Å². The Morgan fingerprint density at radius 3 is 1.33 bits per heavy atom. The molecule has 0 spiro atoms. The molecule has 0 heterocycles. The van der Waals surface area contributed by atoms with Crippen molar-refractivity contribution >= 4 is 15.4 Å². The van der Waals surface area contributed by atoms with Crippen LogP contribution in [0, 0.1) is 0 Å². The van der Waals surface area contributed by atoms with Crippen LogP contribution in [0.4, 0.5) is 0 Å². The third kappa shape index (κ3) is 5.97. The van der Waals surface area contributed by atoms with Crippen molar-refractivity contribution in [2.24, 2.45) is 0 Å². The Balaban J connectivity index is 1.54. The van der Waals surface area contributed by atoms with Gasteiger partial charge in [0.05, 0.1) is 0 Å². The minimum atomic E-state index is -4.10. The summed E-state index contributed by atoms with van der Waals surface area (Å²) >= 11 is -4.10. The summed E-state index contributed by atoms with van der Waals surface area (Å²) in [5.41, 5.74) is 14.5. The van der Waals surface area contributed by atoms with E-state index in [9.17, 15) is 0 Å². The number of fused-ring (bicyclic) bond motifs is 2. The molecule has 4 aromatic rings. The summed E-state index contributed by atoms with van der Waals surface area (Å²) in [5.74, 6) is 0. The van der Waals surface area contributed by atoms with E-state index in [2.05, 4.69) is 174 Å². The molecular weight excluding hydrogens is 743 g/mol. The first kappa shape index (κ1) is 34.9. The van der Waals surface area contributed by atoms with Crippen LogP contribution in [0.3, 0.4) is 0 Å². The maximum atomic E-state index is 2.84. The molecule has 0 nitrogen and oxygen atoms in total. The Bertz CT molecular complexity index is 1840. The van der Waals surface area contributed by atoms with Gasteiger partial charge in [-0.25, -0.2) is 0 Å². The Labute approximate surface area is 293 Å². The fourth-order valence-corrected chi connectivity index (χ4v) is 34.8. The van der Waals surface area contributed by atoms with Crippen LogP contribution < -0.4 is 0 Å². The predicted octanol–water partition coefficient (Wildman–Crippen LogP) is 14.0. The Kier molecular flexibility index (Phi) is 9.30. The van der Waals surface area contributed by atoms with Crippen molar-refractivity contribution in [3.8, 4) is 22.3 Å². The van der Waals surface area contributed by atoms with E-state index in [1.807, 2.05) is 3.26 Å². The molecule has 0 N–H and O–H groups in total. The van der Waals surface area contributed by atoms with Crippen molar-refractivity contribution in [3.05, 3.63) is 130 Å². The first-order valence-electron chi connectivity index (χ1n) is 18.6. The van der Waals surface area contributed by atoms with Crippen LogP contribution in [0.25, 0.3) is 34.4 Å². The normalized spacial score (nSPS) is 17.5. The van der Waals surface area contributed by atoms with E-state index in [4.69, 9.17) is 0 Å². The number of hydrogen-bond acceptors (Lipinski definition) is 0. The molecule has 0 aliphatic heterocycles. The van der Waals surface area contributed by atoms with Crippen LogP contribution in [0.2, 0.25) is 9.36 Å². The van der Waals surface area contributed by atoms with Crippen molar-refractivity contribution in [1.29, 1.82) is 0 Å². The molecule has 0 aromatic heterocycles. The van der Waals surface area contributed by atoms with Gasteiger partial charge in [-0.2, -0.15) is 0 Å². The summed E-state index contributed by atoms with van der Waals surface area (Å²) in [4.78, 5) is 0. The van der Waals surface area contributed by atoms with E-state index in [1.54, 1.807) is 11.1 Å². The van der Waals surface area contributed by atoms with E-state index in [0.717, 1.165) is 0 Å². The average Bonchev–Trinajstić information content (AvgIpc) is 3.70. The summed E-state index contributed by atoms with van der Waals surface area (Å²) in [6.07, 6.45) is 15.3. The van der Waals surface area contributed by atoms with Gasteiger partial charge in [0.2, 0.25) is 0 Å². The van der Waals surface area contributed by atoms with E-state index in [-0.39, 0.29) is 10.8 Å². The van der Waals surface area contributed by atoms with Gasteiger partial charge in [0, 0.05) is 0 Å². The Morgan fingerprint density at radius 2 is 0.958 bits per heavy atom. The Hall–Kier alpha value is -2.90. The molecule has 6 rings (SSSR count). The molecule has 4 aromatic carbocycles. The average molecular weight is 801 g/mol. The third-order valence-electron chi connectivity index (χ3n) is 12.1. The quantitative estimate of drug-likeness (QED) is 0.156. The van der Waals surface area contributed by atoms with Gasteiger partial charge in [-0.05, 0) is 0 Å². The summed E-state index contributed by atoms with van der Waals surface area (Å²) in [6, 6.07) is 32.9. The Morgan fingerprint density at radius 1 is 0.562 bits per heavy atom. The van der Waals surface area contributed by atoms with Crippen molar-refractivity contribution in [1.82, 2.24) is 0 Å². The van der Waals surface area contributed by atoms with E-state index in [1.165, 1.54) is 70.2 Å². The molecule has 2 atom stereocenters. The van der Waals surface area contributed by atoms with Gasteiger partial charge >= 0.3 is 295 Å². The van der Waals surface area contributed by atoms with Crippen LogP contribution >= 0.6 is 0 Å². The molecule has 2 aliphatic carbocycles. The fourth-order valence-electron chi connectivity index (χ4n) is 9.18. The van der Waals surface area contributed by atoms with E-state index < -0.39 is 18.0 Å². The third-order valence-corrected chi connectivity index (χ3v) is 39.3. The van der Waals surface area contributed by atoms with Crippen molar-refractivity contribution < 1.29 is 18.0 Å². The second kappa shape index (κ2) is 12.8. The molecule has 2 aliphatic rings. The van der Waals surface area contributed by atoms with Crippen molar-refractivity contribution in [2.75, 3.05) is 0 Å². The van der Waals surface area contributed by atoms with Crippen LogP contribution in [0.15, 0.2) is 97.1 Å². The van der Waals surface area contributed by atoms with Crippen molar-refractivity contribution in [2.45, 2.75) is 109 Å². The molecule has 0 bridgehead atoms. The molecule has 1 heteroatoms. The van der Waals surface area contributed by atoms with Gasteiger partial charge in [-0.15, -0.1) is 0 Å². The van der Waals surface area contributed by atoms with Gasteiger partial charge in [-0.1, -0.05) is 0 Å². The molecule has 2 unspecified atom stereocenters. The fraction of sp³-hybridized carbons (Fsp3) is 0.383. The second-order valence-corrected chi connectivity index (χ2v) is 43.4. The first-order valence-corrected chi connectivity index (χ1v) is 31.7. The SMILES string of the molecule is CCC[C](CCC)=[Hf]([CH3])([CH3])([CH]1C=Cc2c(-c3cccc(C(C)(C)C)c3)cccc21)[CH]1C=Cc2c(-c3cccc(C(C)(C)C)c3)cccc21. The molecular formula is C47H58Hf. The number of hydrogen-bond donors (Lipinski definition) is 0. The number of benzene rings is 4. The molecule has 0 fully saturated rings. The molecule has 0 saturated carbocycles. The zero-order chi connectivity index (χ0) is 34.5. The number of allylic oxidation sites excluding steroid dienone is 2. The van der Waals surface area contributed by atoms with Gasteiger partial charge in [0.1, 0.15) is 0 Å². The first-order chi connectivity index (χ1) is 22.7. The summed E-state index contributed by atoms with van der Waals surface area (Å²) < 4.78 is 8.55. The van der Waals surface area contributed by atoms with Gasteiger partial charge in [0.15, 0.2) is 0 Å². The zero-order valence-corrected chi connectivity index (χ0v) is 35.0. The van der Waals surface area contributed by atoms with Crippen molar-refractivity contribution in [3.63, 3.8) is 0 Å². The summed E-state index contributed by atoms with van der Waals surface area (Å²) in [6.45, 7) is 18.7. The summed E-state index contributed by atoms with van der Waals surface area (Å²) in [5, 5.41) is 0. The van der Waals surface area contributed by atoms with Gasteiger partial charge in [-0.3, -0.25) is 0 Å². The standard InChI is InChI=1S/2C19H19.C7H14.2CH3.Hf/c2*1-19(2,3)16-10-4-9-15(13-16)18-12-6-8-14-7-5-11-17(14)18;1-3-5-7-6-4-2;;;/h2*4-13H,1-3H3;3-6H2,1-2H3;2*1H3;. The van der Waals surface area contributed by atoms with Crippen LogP contribution in [0.5, 0.6) is 0 Å². The maximum absolute atomic E-state index is 4.10. The van der Waals surface area contributed by atoms with Crippen LogP contribution in [0.1, 0.15) is 122 Å². The molecule has 48 heavy (non-hydrogen) atoms. The van der Waals surface area contributed by atoms with E-state index >= 15 is 0 Å². The van der Waals surface area contributed by atoms with E-state index in [0.29, 0.717) is 7.35 Å². The monoisotopic (exact) mass is 802 g/mol. The zero-order valence-electron chi connectivity index (χ0n) is 31.4. The van der Waals surface area contributed by atoms with Gasteiger partial charge in [0.25, 0.3) is 0 Å². The van der Waals surface area contributed by atoms with Crippen LogP contribution in [-0.2, 0) is 28.8 Å². The predicted molar refractivity (Wildman–Crippen MR) is 211 cm³/mol. The molecule has 0 amide bonds. The minimum absolute atomic E-state index is 0.120. The number of rotatable bonds is 8. The summed E-state index contributed by atoms with van der Waals surface area (Å²) in [7, 11) is 0. The molecule has 0 radical (unpaired) electrons. The molecule has 0 saturated heterocycles. The topological polar surface area (TPSA) is 0 Å².